The summed E-state index contributed by atoms with van der Waals surface area (Å²) >= 11 is 3.39. The molecule has 0 bridgehead atoms. The lowest BCUT2D eigenvalue weighted by atomic mass is 10.2. The number of hydrogen-bond acceptors (Lipinski definition) is 6. The lowest BCUT2D eigenvalue weighted by molar-refractivity contribution is -0.123. The van der Waals surface area contributed by atoms with E-state index in [2.05, 4.69) is 21.2 Å². The van der Waals surface area contributed by atoms with Crippen LogP contribution in [-0.2, 0) is 9.53 Å². The molecule has 0 aliphatic heterocycles. The van der Waals surface area contributed by atoms with E-state index in [1.807, 2.05) is 6.92 Å². The van der Waals surface area contributed by atoms with Gasteiger partial charge in [-0.15, -0.1) is 0 Å². The smallest absolute Gasteiger partial charge is 0.339 e. The van der Waals surface area contributed by atoms with Crippen molar-refractivity contribution in [2.75, 3.05) is 26.1 Å². The third-order valence-corrected chi connectivity index (χ3v) is 4.52. The number of amides is 1. The Labute approximate surface area is 178 Å². The van der Waals surface area contributed by atoms with Crippen LogP contribution in [0.5, 0.6) is 17.2 Å². The van der Waals surface area contributed by atoms with E-state index in [0.717, 1.165) is 6.42 Å². The third-order valence-electron chi connectivity index (χ3n) is 3.93. The maximum Gasteiger partial charge on any atom is 0.339 e. The molecule has 0 aliphatic carbocycles. The molecule has 0 heterocycles. The summed E-state index contributed by atoms with van der Waals surface area (Å²) in [6.45, 7) is 4.01. The van der Waals surface area contributed by atoms with Gasteiger partial charge in [0.15, 0.2) is 17.6 Å². The molecule has 1 atom stereocenters. The average molecular weight is 466 g/mol. The normalized spacial score (nSPS) is 11.3. The van der Waals surface area contributed by atoms with Gasteiger partial charge in [0.2, 0.25) is 0 Å². The first-order valence-electron chi connectivity index (χ1n) is 9.05. The highest BCUT2D eigenvalue weighted by atomic mass is 79.9. The number of methoxy groups -OCH3 is 2. The molecular formula is C21H24BrNO6. The zero-order valence-electron chi connectivity index (χ0n) is 16.8. The van der Waals surface area contributed by atoms with E-state index < -0.39 is 18.0 Å². The number of nitrogens with one attached hydrogen (secondary N) is 1. The molecule has 0 fully saturated rings. The molecule has 1 amide bonds. The van der Waals surface area contributed by atoms with Crippen LogP contribution in [0.1, 0.15) is 30.6 Å². The van der Waals surface area contributed by atoms with Crippen LogP contribution in [0.25, 0.3) is 0 Å². The van der Waals surface area contributed by atoms with Crippen molar-refractivity contribution in [1.82, 2.24) is 0 Å². The maximum atomic E-state index is 12.5. The van der Waals surface area contributed by atoms with Gasteiger partial charge in [0, 0.05) is 5.69 Å². The summed E-state index contributed by atoms with van der Waals surface area (Å²) < 4.78 is 21.9. The first kappa shape index (κ1) is 22.5. The topological polar surface area (TPSA) is 83.1 Å². The van der Waals surface area contributed by atoms with Gasteiger partial charge in [0.05, 0.1) is 30.9 Å². The number of carbonyl (C=O) groups is 2. The monoisotopic (exact) mass is 465 g/mol. The minimum atomic E-state index is -0.995. The Morgan fingerprint density at radius 3 is 2.38 bits per heavy atom. The van der Waals surface area contributed by atoms with Crippen molar-refractivity contribution in [3.8, 4) is 17.2 Å². The van der Waals surface area contributed by atoms with Crippen molar-refractivity contribution in [3.05, 3.63) is 46.4 Å². The molecule has 2 aromatic carbocycles. The first-order valence-corrected chi connectivity index (χ1v) is 9.85. The van der Waals surface area contributed by atoms with Gasteiger partial charge in [-0.05, 0) is 65.7 Å². The highest BCUT2D eigenvalue weighted by Crippen LogP contribution is 2.37. The van der Waals surface area contributed by atoms with Crippen molar-refractivity contribution < 1.29 is 28.5 Å². The van der Waals surface area contributed by atoms with Gasteiger partial charge in [-0.1, -0.05) is 6.92 Å². The van der Waals surface area contributed by atoms with Gasteiger partial charge in [0.1, 0.15) is 5.75 Å². The molecular weight excluding hydrogens is 442 g/mol. The molecule has 2 rings (SSSR count). The van der Waals surface area contributed by atoms with Crippen LogP contribution in [0.2, 0.25) is 0 Å². The molecule has 0 spiro atoms. The fourth-order valence-electron chi connectivity index (χ4n) is 2.38. The summed E-state index contributed by atoms with van der Waals surface area (Å²) in [6.07, 6.45) is -0.161. The van der Waals surface area contributed by atoms with E-state index in [-0.39, 0.29) is 5.56 Å². The Morgan fingerprint density at radius 1 is 1.10 bits per heavy atom. The molecule has 1 N–H and O–H groups in total. The molecule has 8 heteroatoms. The summed E-state index contributed by atoms with van der Waals surface area (Å²) in [4.78, 5) is 24.8. The van der Waals surface area contributed by atoms with Gasteiger partial charge in [-0.2, -0.15) is 0 Å². The van der Waals surface area contributed by atoms with Crippen LogP contribution in [0.3, 0.4) is 0 Å². The van der Waals surface area contributed by atoms with E-state index in [1.165, 1.54) is 20.1 Å². The zero-order chi connectivity index (χ0) is 21.4. The number of rotatable bonds is 9. The molecule has 156 valence electrons. The number of hydrogen-bond donors (Lipinski definition) is 1. The minimum Gasteiger partial charge on any atom is -0.497 e. The summed E-state index contributed by atoms with van der Waals surface area (Å²) in [6, 6.07) is 9.93. The Hall–Kier alpha value is -2.74. The van der Waals surface area contributed by atoms with Crippen molar-refractivity contribution in [2.24, 2.45) is 0 Å². The van der Waals surface area contributed by atoms with E-state index in [1.54, 1.807) is 37.4 Å². The summed E-state index contributed by atoms with van der Waals surface area (Å²) in [5.74, 6) is 0.487. The van der Waals surface area contributed by atoms with E-state index >= 15 is 0 Å². The minimum absolute atomic E-state index is 0.238. The van der Waals surface area contributed by atoms with Gasteiger partial charge >= 0.3 is 5.97 Å². The summed E-state index contributed by atoms with van der Waals surface area (Å²) in [7, 11) is 3.05. The van der Waals surface area contributed by atoms with Crippen molar-refractivity contribution in [1.29, 1.82) is 0 Å². The largest absolute Gasteiger partial charge is 0.497 e. The van der Waals surface area contributed by atoms with E-state index in [0.29, 0.717) is 34.0 Å². The van der Waals surface area contributed by atoms with Crippen LogP contribution in [-0.4, -0.2) is 38.8 Å². The molecule has 0 saturated carbocycles. The molecule has 0 radical (unpaired) electrons. The number of esters is 1. The number of anilines is 1. The Morgan fingerprint density at radius 2 is 1.79 bits per heavy atom. The quantitative estimate of drug-likeness (QED) is 0.551. The third kappa shape index (κ3) is 6.12. The van der Waals surface area contributed by atoms with Gasteiger partial charge in [-0.25, -0.2) is 4.79 Å². The summed E-state index contributed by atoms with van der Waals surface area (Å²) in [5.41, 5.74) is 0.808. The predicted octanol–water partition coefficient (Wildman–Crippen LogP) is 4.44. The number of ether oxygens (including phenoxy) is 4. The SMILES string of the molecule is CCCOc1c(Br)cc(C(=O)OC(C)C(=O)Nc2ccc(OC)cc2)cc1OC. The molecule has 1 unspecified atom stereocenters. The molecule has 0 saturated heterocycles. The fourth-order valence-corrected chi connectivity index (χ4v) is 2.94. The summed E-state index contributed by atoms with van der Waals surface area (Å²) in [5, 5.41) is 2.69. The standard InChI is InChI=1S/C21H24BrNO6/c1-5-10-28-19-17(22)11-14(12-18(19)27-4)21(25)29-13(2)20(24)23-15-6-8-16(26-3)9-7-15/h6-9,11-13H,5,10H2,1-4H3,(H,23,24). The van der Waals surface area contributed by atoms with Gasteiger partial charge in [-0.3, -0.25) is 4.79 Å². The van der Waals surface area contributed by atoms with Crippen molar-refractivity contribution in [3.63, 3.8) is 0 Å². The van der Waals surface area contributed by atoms with Crippen molar-refractivity contribution in [2.45, 2.75) is 26.4 Å². The number of halogens is 1. The average Bonchev–Trinajstić information content (AvgIpc) is 2.72. The van der Waals surface area contributed by atoms with Crippen molar-refractivity contribution >= 4 is 33.5 Å². The molecule has 0 aromatic heterocycles. The lowest BCUT2D eigenvalue weighted by Gasteiger charge is -2.16. The molecule has 0 aliphatic rings. The van der Waals surface area contributed by atoms with Crippen LogP contribution in [0, 0.1) is 0 Å². The number of benzene rings is 2. The number of carbonyl (C=O) groups excluding carboxylic acids is 2. The molecule has 29 heavy (non-hydrogen) atoms. The lowest BCUT2D eigenvalue weighted by Crippen LogP contribution is -2.30. The first-order chi connectivity index (χ1) is 13.9. The second-order valence-corrected chi connectivity index (χ2v) is 6.96. The fraction of sp³-hybridized carbons (Fsp3) is 0.333. The van der Waals surface area contributed by atoms with Gasteiger partial charge < -0.3 is 24.3 Å². The van der Waals surface area contributed by atoms with Crippen LogP contribution in [0.15, 0.2) is 40.9 Å². The second kappa shape index (κ2) is 10.7. The Balaban J connectivity index is 2.05. The molecule has 2 aromatic rings. The van der Waals surface area contributed by atoms with E-state index in [4.69, 9.17) is 18.9 Å². The van der Waals surface area contributed by atoms with Crippen LogP contribution in [0.4, 0.5) is 5.69 Å². The van der Waals surface area contributed by atoms with Crippen LogP contribution >= 0.6 is 15.9 Å². The van der Waals surface area contributed by atoms with Gasteiger partial charge in [0.25, 0.3) is 5.91 Å². The highest BCUT2D eigenvalue weighted by Gasteiger charge is 2.22. The highest BCUT2D eigenvalue weighted by molar-refractivity contribution is 9.10. The Kier molecular flexibility index (Phi) is 8.33. The maximum absolute atomic E-state index is 12.5. The zero-order valence-corrected chi connectivity index (χ0v) is 18.4. The van der Waals surface area contributed by atoms with E-state index in [9.17, 15) is 9.59 Å². The predicted molar refractivity (Wildman–Crippen MR) is 113 cm³/mol. The molecule has 7 nitrogen and oxygen atoms in total. The van der Waals surface area contributed by atoms with Crippen LogP contribution < -0.4 is 19.5 Å². The Bertz CT molecular complexity index is 853. The second-order valence-electron chi connectivity index (χ2n) is 6.10.